The molecule has 0 aliphatic carbocycles. The maximum absolute atomic E-state index is 6.78. The molecule has 0 amide bonds. The number of thiazole rings is 1. The Morgan fingerprint density at radius 2 is 1.89 bits per heavy atom. The second-order valence-corrected chi connectivity index (χ2v) is 14.9. The van der Waals surface area contributed by atoms with Gasteiger partial charge in [0, 0.05) is 12.6 Å². The van der Waals surface area contributed by atoms with E-state index in [0.717, 1.165) is 18.7 Å². The molecule has 5 heteroatoms. The molecule has 1 unspecified atom stereocenters. The molecule has 1 saturated heterocycles. The van der Waals surface area contributed by atoms with Crippen LogP contribution in [0, 0.1) is 6.92 Å². The highest BCUT2D eigenvalue weighted by atomic mass is 32.1. The molecule has 2 heterocycles. The Morgan fingerprint density at radius 3 is 2.44 bits per heavy atom. The highest BCUT2D eigenvalue weighted by Gasteiger charge is 2.42. The molecule has 0 saturated carbocycles. The van der Waals surface area contributed by atoms with Crippen molar-refractivity contribution in [3.63, 3.8) is 0 Å². The fraction of sp³-hybridized carbons (Fsp3) is 0.591. The molecular formula is C22H34N2OSSi. The van der Waals surface area contributed by atoms with E-state index < -0.39 is 8.32 Å². The molecule has 2 aromatic rings. The standard InChI is InChI=1S/C22H34N2OSSi/c1-16-21(26-15-23-16)19-12-10-18(11-13-19)17(2)24-14-8-9-20(24)25-27(6,7)22(3,4)5/h10-13,15,17,20H,8-9,14H2,1-7H3/t17-,20?/m0/s1. The van der Waals surface area contributed by atoms with Crippen LogP contribution in [0.3, 0.4) is 0 Å². The third-order valence-electron chi connectivity index (χ3n) is 6.37. The number of rotatable bonds is 5. The lowest BCUT2D eigenvalue weighted by Gasteiger charge is -2.42. The van der Waals surface area contributed by atoms with Gasteiger partial charge in [-0.3, -0.25) is 4.90 Å². The number of likely N-dealkylation sites (tertiary alicyclic amines) is 1. The lowest BCUT2D eigenvalue weighted by molar-refractivity contribution is 0.0223. The molecule has 1 fully saturated rings. The molecule has 148 valence electrons. The Kier molecular flexibility index (Phi) is 5.97. The topological polar surface area (TPSA) is 25.4 Å². The van der Waals surface area contributed by atoms with E-state index in [0.29, 0.717) is 6.04 Å². The van der Waals surface area contributed by atoms with Crippen LogP contribution >= 0.6 is 11.3 Å². The Bertz CT molecular complexity index is 763. The molecule has 0 N–H and O–H groups in total. The van der Waals surface area contributed by atoms with E-state index in [9.17, 15) is 0 Å². The van der Waals surface area contributed by atoms with Crippen molar-refractivity contribution >= 4 is 19.7 Å². The average Bonchev–Trinajstić information content (AvgIpc) is 3.22. The quantitative estimate of drug-likeness (QED) is 0.525. The van der Waals surface area contributed by atoms with Gasteiger partial charge in [-0.2, -0.15) is 0 Å². The van der Waals surface area contributed by atoms with Crippen LogP contribution in [-0.4, -0.2) is 31.0 Å². The van der Waals surface area contributed by atoms with Crippen molar-refractivity contribution in [1.29, 1.82) is 0 Å². The second kappa shape index (κ2) is 7.78. The Balaban J connectivity index is 1.74. The van der Waals surface area contributed by atoms with Crippen LogP contribution < -0.4 is 0 Å². The smallest absolute Gasteiger partial charge is 0.194 e. The van der Waals surface area contributed by atoms with Gasteiger partial charge in [-0.15, -0.1) is 11.3 Å². The molecule has 0 spiro atoms. The number of benzene rings is 1. The number of hydrogen-bond donors (Lipinski definition) is 0. The predicted molar refractivity (Wildman–Crippen MR) is 119 cm³/mol. The summed E-state index contributed by atoms with van der Waals surface area (Å²) < 4.78 is 6.78. The zero-order chi connectivity index (χ0) is 19.8. The van der Waals surface area contributed by atoms with Crippen LogP contribution in [-0.2, 0) is 4.43 Å². The predicted octanol–water partition coefficient (Wildman–Crippen LogP) is 6.62. The van der Waals surface area contributed by atoms with Crippen LogP contribution in [0.5, 0.6) is 0 Å². The van der Waals surface area contributed by atoms with E-state index in [1.54, 1.807) is 11.3 Å². The third kappa shape index (κ3) is 4.37. The highest BCUT2D eigenvalue weighted by molar-refractivity contribution is 7.13. The summed E-state index contributed by atoms with van der Waals surface area (Å²) >= 11 is 1.71. The van der Waals surface area contributed by atoms with Crippen molar-refractivity contribution in [2.24, 2.45) is 0 Å². The fourth-order valence-electron chi connectivity index (χ4n) is 3.53. The molecule has 2 atom stereocenters. The van der Waals surface area contributed by atoms with Gasteiger partial charge in [0.25, 0.3) is 0 Å². The van der Waals surface area contributed by atoms with Crippen molar-refractivity contribution < 1.29 is 4.43 Å². The summed E-state index contributed by atoms with van der Waals surface area (Å²) in [5.41, 5.74) is 5.67. The fourth-order valence-corrected chi connectivity index (χ4v) is 5.63. The molecular weight excluding hydrogens is 368 g/mol. The first kappa shape index (κ1) is 20.7. The normalized spacial score (nSPS) is 20.2. The first-order chi connectivity index (χ1) is 12.6. The summed E-state index contributed by atoms with van der Waals surface area (Å²) in [5, 5.41) is 0.249. The molecule has 3 nitrogen and oxygen atoms in total. The van der Waals surface area contributed by atoms with E-state index in [-0.39, 0.29) is 11.3 Å². The zero-order valence-electron chi connectivity index (χ0n) is 17.9. The Labute approximate surface area is 169 Å². The van der Waals surface area contributed by atoms with E-state index in [1.165, 1.54) is 22.4 Å². The molecule has 1 aromatic carbocycles. The van der Waals surface area contributed by atoms with Crippen molar-refractivity contribution in [2.75, 3.05) is 6.54 Å². The van der Waals surface area contributed by atoms with E-state index in [2.05, 4.69) is 81.9 Å². The Morgan fingerprint density at radius 1 is 1.22 bits per heavy atom. The van der Waals surface area contributed by atoms with Gasteiger partial charge < -0.3 is 4.43 Å². The molecule has 1 aliphatic rings. The van der Waals surface area contributed by atoms with Crippen molar-refractivity contribution in [3.8, 4) is 10.4 Å². The molecule has 27 heavy (non-hydrogen) atoms. The molecule has 3 rings (SSSR count). The minimum atomic E-state index is -1.76. The summed E-state index contributed by atoms with van der Waals surface area (Å²) in [4.78, 5) is 8.21. The first-order valence-corrected chi connectivity index (χ1v) is 13.8. The number of aromatic nitrogens is 1. The highest BCUT2D eigenvalue weighted by Crippen LogP contribution is 2.40. The molecule has 1 aromatic heterocycles. The summed E-state index contributed by atoms with van der Waals surface area (Å²) in [6.07, 6.45) is 2.63. The number of hydrogen-bond acceptors (Lipinski definition) is 4. The van der Waals surface area contributed by atoms with Crippen LogP contribution in [0.4, 0.5) is 0 Å². The SMILES string of the molecule is Cc1ncsc1-c1ccc([C@H](C)N2CCCC2O[Si](C)(C)C(C)(C)C)cc1. The van der Waals surface area contributed by atoms with Gasteiger partial charge in [0.2, 0.25) is 0 Å². The first-order valence-electron chi connectivity index (χ1n) is 10.0. The third-order valence-corrected chi connectivity index (χ3v) is 11.8. The summed E-state index contributed by atoms with van der Waals surface area (Å²) in [5.74, 6) is 0. The van der Waals surface area contributed by atoms with Gasteiger partial charge in [0.15, 0.2) is 8.32 Å². The average molecular weight is 403 g/mol. The molecule has 0 radical (unpaired) electrons. The monoisotopic (exact) mass is 402 g/mol. The maximum atomic E-state index is 6.78. The van der Waals surface area contributed by atoms with Gasteiger partial charge >= 0.3 is 0 Å². The maximum Gasteiger partial charge on any atom is 0.194 e. The van der Waals surface area contributed by atoms with Crippen LogP contribution in [0.15, 0.2) is 29.8 Å². The van der Waals surface area contributed by atoms with Gasteiger partial charge in [0.05, 0.1) is 22.3 Å². The van der Waals surface area contributed by atoms with E-state index in [4.69, 9.17) is 4.43 Å². The molecule has 0 bridgehead atoms. The van der Waals surface area contributed by atoms with E-state index >= 15 is 0 Å². The van der Waals surface area contributed by atoms with Crippen LogP contribution in [0.1, 0.15) is 57.8 Å². The van der Waals surface area contributed by atoms with E-state index in [1.807, 2.05) is 5.51 Å². The number of nitrogens with zero attached hydrogens (tertiary/aromatic N) is 2. The summed E-state index contributed by atoms with van der Waals surface area (Å²) in [6, 6.07) is 9.42. The van der Waals surface area contributed by atoms with Gasteiger partial charge in [-0.05, 0) is 55.9 Å². The van der Waals surface area contributed by atoms with Crippen molar-refractivity contribution in [1.82, 2.24) is 9.88 Å². The zero-order valence-corrected chi connectivity index (χ0v) is 19.7. The van der Waals surface area contributed by atoms with Crippen LogP contribution in [0.2, 0.25) is 18.1 Å². The largest absolute Gasteiger partial charge is 0.401 e. The number of aryl methyl sites for hydroxylation is 1. The lowest BCUT2D eigenvalue weighted by atomic mass is 10.0. The molecule has 1 aliphatic heterocycles. The van der Waals surface area contributed by atoms with Crippen molar-refractivity contribution in [3.05, 3.63) is 41.0 Å². The minimum absolute atomic E-state index is 0.249. The van der Waals surface area contributed by atoms with Gasteiger partial charge in [-0.25, -0.2) is 4.98 Å². The second-order valence-electron chi connectivity index (χ2n) is 9.28. The van der Waals surface area contributed by atoms with Crippen molar-refractivity contribution in [2.45, 2.75) is 77.9 Å². The van der Waals surface area contributed by atoms with Crippen LogP contribution in [0.25, 0.3) is 10.4 Å². The van der Waals surface area contributed by atoms with Gasteiger partial charge in [0.1, 0.15) is 0 Å². The minimum Gasteiger partial charge on any atom is -0.401 e. The lowest BCUT2D eigenvalue weighted by Crippen LogP contribution is -2.47. The Hall–Kier alpha value is -1.01. The van der Waals surface area contributed by atoms with Gasteiger partial charge in [-0.1, -0.05) is 45.0 Å². The summed E-state index contributed by atoms with van der Waals surface area (Å²) in [7, 11) is -1.76. The summed E-state index contributed by atoms with van der Waals surface area (Å²) in [6.45, 7) is 17.2.